The van der Waals surface area contributed by atoms with E-state index in [9.17, 15) is 4.79 Å². The highest BCUT2D eigenvalue weighted by molar-refractivity contribution is 5.81. The molecule has 0 radical (unpaired) electrons. The van der Waals surface area contributed by atoms with E-state index in [0.29, 0.717) is 5.92 Å². The Bertz CT molecular complexity index is 238. The van der Waals surface area contributed by atoms with Crippen molar-refractivity contribution < 1.29 is 4.79 Å². The highest BCUT2D eigenvalue weighted by Gasteiger charge is 2.25. The maximum atomic E-state index is 11.8. The van der Waals surface area contributed by atoms with Crippen LogP contribution in [0.3, 0.4) is 0 Å². The molecule has 92 valence electrons. The molecule has 4 heteroatoms. The van der Waals surface area contributed by atoms with E-state index in [0.717, 1.165) is 39.0 Å². The summed E-state index contributed by atoms with van der Waals surface area (Å²) in [7, 11) is 0. The van der Waals surface area contributed by atoms with Gasteiger partial charge in [-0.3, -0.25) is 4.79 Å². The van der Waals surface area contributed by atoms with Crippen LogP contribution in [0.25, 0.3) is 0 Å². The number of carbonyl (C=O) groups is 1. The lowest BCUT2D eigenvalue weighted by Crippen LogP contribution is -2.42. The van der Waals surface area contributed by atoms with Crippen molar-refractivity contribution in [1.29, 1.82) is 0 Å². The monoisotopic (exact) mass is 225 g/mol. The van der Waals surface area contributed by atoms with Gasteiger partial charge in [-0.05, 0) is 44.8 Å². The Morgan fingerprint density at radius 2 is 2.38 bits per heavy atom. The summed E-state index contributed by atoms with van der Waals surface area (Å²) >= 11 is 0. The number of nitrogens with zero attached hydrogens (tertiary/aromatic N) is 1. The normalized spacial score (nSPS) is 30.8. The molecule has 0 aromatic heterocycles. The van der Waals surface area contributed by atoms with Crippen molar-refractivity contribution in [2.24, 2.45) is 5.92 Å². The predicted molar refractivity (Wildman–Crippen MR) is 64.3 cm³/mol. The Hall–Kier alpha value is -0.610. The van der Waals surface area contributed by atoms with E-state index in [1.165, 1.54) is 13.0 Å². The lowest BCUT2D eigenvalue weighted by atomic mass is 10.1. The minimum atomic E-state index is 0.0729. The smallest absolute Gasteiger partial charge is 0.237 e. The summed E-state index contributed by atoms with van der Waals surface area (Å²) < 4.78 is 0. The lowest BCUT2D eigenvalue weighted by molar-refractivity contribution is -0.122. The van der Waals surface area contributed by atoms with Gasteiger partial charge < -0.3 is 15.5 Å². The molecule has 4 nitrogen and oxygen atoms in total. The van der Waals surface area contributed by atoms with Gasteiger partial charge in [0.15, 0.2) is 0 Å². The van der Waals surface area contributed by atoms with Crippen LogP contribution >= 0.6 is 0 Å². The first-order chi connectivity index (χ1) is 7.79. The van der Waals surface area contributed by atoms with Crippen molar-refractivity contribution >= 4 is 5.91 Å². The highest BCUT2D eigenvalue weighted by atomic mass is 16.2. The number of amides is 1. The molecule has 0 spiro atoms. The largest absolute Gasteiger partial charge is 0.354 e. The summed E-state index contributed by atoms with van der Waals surface area (Å²) in [6.07, 6.45) is 3.36. The molecule has 2 rings (SSSR count). The fourth-order valence-corrected chi connectivity index (χ4v) is 2.64. The third-order valence-corrected chi connectivity index (χ3v) is 3.76. The van der Waals surface area contributed by atoms with Crippen LogP contribution in [0.4, 0.5) is 0 Å². The molecule has 0 aromatic carbocycles. The minimum Gasteiger partial charge on any atom is -0.354 e. The molecule has 2 fully saturated rings. The van der Waals surface area contributed by atoms with Gasteiger partial charge in [0.05, 0.1) is 6.04 Å². The van der Waals surface area contributed by atoms with E-state index in [2.05, 4.69) is 22.5 Å². The van der Waals surface area contributed by atoms with Crippen LogP contribution in [-0.2, 0) is 4.79 Å². The van der Waals surface area contributed by atoms with E-state index in [4.69, 9.17) is 0 Å². The van der Waals surface area contributed by atoms with Gasteiger partial charge in [0.25, 0.3) is 0 Å². The van der Waals surface area contributed by atoms with Crippen molar-refractivity contribution in [1.82, 2.24) is 15.5 Å². The SMILES string of the molecule is CCN1CCC(CNC(=O)C2CCCN2)C1. The molecule has 2 atom stereocenters. The first kappa shape index (κ1) is 11.9. The van der Waals surface area contributed by atoms with Gasteiger partial charge in [0.2, 0.25) is 5.91 Å². The molecule has 0 bridgehead atoms. The summed E-state index contributed by atoms with van der Waals surface area (Å²) in [5.41, 5.74) is 0. The zero-order valence-electron chi connectivity index (χ0n) is 10.2. The standard InChI is InChI=1S/C12H23N3O/c1-2-15-7-5-10(9-15)8-14-12(16)11-4-3-6-13-11/h10-11,13H,2-9H2,1H3,(H,14,16). The summed E-state index contributed by atoms with van der Waals surface area (Å²) in [6.45, 7) is 7.52. The second kappa shape index (κ2) is 5.64. The number of nitrogens with one attached hydrogen (secondary N) is 2. The van der Waals surface area contributed by atoms with Crippen LogP contribution in [0.1, 0.15) is 26.2 Å². The van der Waals surface area contributed by atoms with E-state index >= 15 is 0 Å². The molecular weight excluding hydrogens is 202 g/mol. The molecule has 0 aromatic rings. The van der Waals surface area contributed by atoms with Crippen LogP contribution in [-0.4, -0.2) is 49.6 Å². The molecule has 2 aliphatic heterocycles. The van der Waals surface area contributed by atoms with E-state index in [1.807, 2.05) is 0 Å². The van der Waals surface area contributed by atoms with Gasteiger partial charge >= 0.3 is 0 Å². The van der Waals surface area contributed by atoms with E-state index < -0.39 is 0 Å². The van der Waals surface area contributed by atoms with Crippen LogP contribution in [0.2, 0.25) is 0 Å². The second-order valence-electron chi connectivity index (χ2n) is 4.94. The Morgan fingerprint density at radius 1 is 1.50 bits per heavy atom. The summed E-state index contributed by atoms with van der Waals surface area (Å²) in [5, 5.41) is 6.31. The number of likely N-dealkylation sites (tertiary alicyclic amines) is 1. The van der Waals surface area contributed by atoms with Crippen molar-refractivity contribution in [3.05, 3.63) is 0 Å². The van der Waals surface area contributed by atoms with Crippen LogP contribution in [0, 0.1) is 5.92 Å². The quantitative estimate of drug-likeness (QED) is 0.718. The zero-order chi connectivity index (χ0) is 11.4. The fraction of sp³-hybridized carbons (Fsp3) is 0.917. The van der Waals surface area contributed by atoms with Gasteiger partial charge in [0, 0.05) is 13.1 Å². The van der Waals surface area contributed by atoms with E-state index in [1.54, 1.807) is 0 Å². The van der Waals surface area contributed by atoms with E-state index in [-0.39, 0.29) is 11.9 Å². The average Bonchev–Trinajstić information content (AvgIpc) is 2.96. The van der Waals surface area contributed by atoms with Crippen LogP contribution in [0.15, 0.2) is 0 Å². The topological polar surface area (TPSA) is 44.4 Å². The molecular formula is C12H23N3O. The molecule has 1 amide bonds. The first-order valence-corrected chi connectivity index (χ1v) is 6.53. The van der Waals surface area contributed by atoms with Gasteiger partial charge in [-0.1, -0.05) is 6.92 Å². The maximum Gasteiger partial charge on any atom is 0.237 e. The Kier molecular flexibility index (Phi) is 4.18. The molecule has 0 aliphatic carbocycles. The minimum absolute atomic E-state index is 0.0729. The Labute approximate surface area is 97.8 Å². The Balaban J connectivity index is 1.65. The molecule has 2 saturated heterocycles. The molecule has 2 aliphatic rings. The Morgan fingerprint density at radius 3 is 3.00 bits per heavy atom. The number of carbonyl (C=O) groups excluding carboxylic acids is 1. The average molecular weight is 225 g/mol. The third-order valence-electron chi connectivity index (χ3n) is 3.76. The summed E-state index contributed by atoms with van der Waals surface area (Å²) in [5.74, 6) is 0.859. The second-order valence-corrected chi connectivity index (χ2v) is 4.94. The van der Waals surface area contributed by atoms with Crippen LogP contribution in [0.5, 0.6) is 0 Å². The van der Waals surface area contributed by atoms with Crippen molar-refractivity contribution in [2.45, 2.75) is 32.2 Å². The number of hydrogen-bond acceptors (Lipinski definition) is 3. The van der Waals surface area contributed by atoms with Crippen molar-refractivity contribution in [3.8, 4) is 0 Å². The molecule has 0 saturated carbocycles. The van der Waals surface area contributed by atoms with Gasteiger partial charge in [-0.25, -0.2) is 0 Å². The van der Waals surface area contributed by atoms with Crippen molar-refractivity contribution in [2.75, 3.05) is 32.7 Å². The number of hydrogen-bond donors (Lipinski definition) is 2. The zero-order valence-corrected chi connectivity index (χ0v) is 10.2. The van der Waals surface area contributed by atoms with Gasteiger partial charge in [-0.2, -0.15) is 0 Å². The van der Waals surface area contributed by atoms with Crippen LogP contribution < -0.4 is 10.6 Å². The highest BCUT2D eigenvalue weighted by Crippen LogP contribution is 2.14. The molecule has 2 heterocycles. The lowest BCUT2D eigenvalue weighted by Gasteiger charge is -2.15. The molecule has 2 unspecified atom stereocenters. The predicted octanol–water partition coefficient (Wildman–Crippen LogP) is 0.196. The molecule has 16 heavy (non-hydrogen) atoms. The number of rotatable bonds is 4. The maximum absolute atomic E-state index is 11.8. The molecule has 2 N–H and O–H groups in total. The summed E-state index contributed by atoms with van der Waals surface area (Å²) in [6, 6.07) is 0.0729. The van der Waals surface area contributed by atoms with Gasteiger partial charge in [0.1, 0.15) is 0 Å². The van der Waals surface area contributed by atoms with Crippen molar-refractivity contribution in [3.63, 3.8) is 0 Å². The fourth-order valence-electron chi connectivity index (χ4n) is 2.64. The summed E-state index contributed by atoms with van der Waals surface area (Å²) in [4.78, 5) is 14.2. The van der Waals surface area contributed by atoms with Gasteiger partial charge in [-0.15, -0.1) is 0 Å². The third kappa shape index (κ3) is 2.95. The first-order valence-electron chi connectivity index (χ1n) is 6.53.